The van der Waals surface area contributed by atoms with E-state index in [0.29, 0.717) is 18.2 Å². The molecule has 2 N–H and O–H groups in total. The third-order valence-electron chi connectivity index (χ3n) is 3.32. The molecule has 0 aliphatic carbocycles. The summed E-state index contributed by atoms with van der Waals surface area (Å²) in [7, 11) is 0. The van der Waals surface area contributed by atoms with Crippen LogP contribution in [-0.2, 0) is 4.79 Å². The summed E-state index contributed by atoms with van der Waals surface area (Å²) >= 11 is 0. The van der Waals surface area contributed by atoms with Gasteiger partial charge in [0.15, 0.2) is 5.78 Å². The molecule has 1 aliphatic rings. The lowest BCUT2D eigenvalue weighted by Crippen LogP contribution is -2.36. The SMILES string of the molecule is C=CC(=O)C[C@H]1CCCN(c2cccc(N)n2)C1. The van der Waals surface area contributed by atoms with Gasteiger partial charge in [-0.3, -0.25) is 4.79 Å². The highest BCUT2D eigenvalue weighted by Crippen LogP contribution is 2.24. The second-order valence-electron chi connectivity index (χ2n) is 4.75. The lowest BCUT2D eigenvalue weighted by atomic mass is 9.93. The van der Waals surface area contributed by atoms with E-state index in [1.165, 1.54) is 6.08 Å². The number of hydrogen-bond acceptors (Lipinski definition) is 4. The van der Waals surface area contributed by atoms with E-state index in [9.17, 15) is 4.79 Å². The molecule has 0 radical (unpaired) electrons. The maximum atomic E-state index is 11.4. The molecule has 0 bridgehead atoms. The molecule has 4 nitrogen and oxygen atoms in total. The van der Waals surface area contributed by atoms with Gasteiger partial charge in [-0.1, -0.05) is 12.6 Å². The Labute approximate surface area is 108 Å². The van der Waals surface area contributed by atoms with Crippen LogP contribution < -0.4 is 10.6 Å². The van der Waals surface area contributed by atoms with Gasteiger partial charge in [-0.2, -0.15) is 0 Å². The van der Waals surface area contributed by atoms with E-state index in [1.54, 1.807) is 6.07 Å². The van der Waals surface area contributed by atoms with E-state index in [2.05, 4.69) is 16.5 Å². The minimum absolute atomic E-state index is 0.127. The summed E-state index contributed by atoms with van der Waals surface area (Å²) in [5.74, 6) is 1.97. The molecule has 1 aliphatic heterocycles. The lowest BCUT2D eigenvalue weighted by Gasteiger charge is -2.33. The van der Waals surface area contributed by atoms with E-state index < -0.39 is 0 Å². The first-order valence-electron chi connectivity index (χ1n) is 6.32. The molecular formula is C14H19N3O. The molecule has 0 aromatic carbocycles. The Morgan fingerprint density at radius 1 is 1.61 bits per heavy atom. The van der Waals surface area contributed by atoms with Gasteiger partial charge >= 0.3 is 0 Å². The highest BCUT2D eigenvalue weighted by Gasteiger charge is 2.22. The zero-order valence-electron chi connectivity index (χ0n) is 10.5. The zero-order chi connectivity index (χ0) is 13.0. The molecule has 1 saturated heterocycles. The second-order valence-corrected chi connectivity index (χ2v) is 4.75. The van der Waals surface area contributed by atoms with Crippen molar-refractivity contribution in [2.24, 2.45) is 5.92 Å². The molecule has 1 fully saturated rings. The quantitative estimate of drug-likeness (QED) is 0.824. The van der Waals surface area contributed by atoms with Gasteiger partial charge in [0.2, 0.25) is 0 Å². The van der Waals surface area contributed by atoms with Crippen LogP contribution in [0.2, 0.25) is 0 Å². The average Bonchev–Trinajstić information content (AvgIpc) is 2.39. The Morgan fingerprint density at radius 3 is 3.17 bits per heavy atom. The van der Waals surface area contributed by atoms with Crippen molar-refractivity contribution < 1.29 is 4.79 Å². The molecule has 2 rings (SSSR count). The topological polar surface area (TPSA) is 59.2 Å². The molecule has 2 heterocycles. The predicted molar refractivity (Wildman–Crippen MR) is 73.4 cm³/mol. The molecule has 1 aromatic heterocycles. The number of nitrogens with zero attached hydrogens (tertiary/aromatic N) is 2. The number of pyridine rings is 1. The molecule has 0 saturated carbocycles. The van der Waals surface area contributed by atoms with Crippen molar-refractivity contribution in [1.82, 2.24) is 4.98 Å². The number of hydrogen-bond donors (Lipinski definition) is 1. The molecule has 0 amide bonds. The number of aromatic nitrogens is 1. The van der Waals surface area contributed by atoms with Gasteiger partial charge in [0.1, 0.15) is 11.6 Å². The third-order valence-corrected chi connectivity index (χ3v) is 3.32. The van der Waals surface area contributed by atoms with Gasteiger partial charge in [0, 0.05) is 19.5 Å². The highest BCUT2D eigenvalue weighted by atomic mass is 16.1. The Morgan fingerprint density at radius 2 is 2.44 bits per heavy atom. The summed E-state index contributed by atoms with van der Waals surface area (Å²) in [5.41, 5.74) is 5.70. The van der Waals surface area contributed by atoms with Crippen LogP contribution >= 0.6 is 0 Å². The van der Waals surface area contributed by atoms with Gasteiger partial charge in [-0.05, 0) is 37.0 Å². The molecular weight excluding hydrogens is 226 g/mol. The van der Waals surface area contributed by atoms with E-state index >= 15 is 0 Å². The number of anilines is 2. The van der Waals surface area contributed by atoms with E-state index in [4.69, 9.17) is 5.73 Å². The summed E-state index contributed by atoms with van der Waals surface area (Å²) in [6, 6.07) is 5.66. The highest BCUT2D eigenvalue weighted by molar-refractivity contribution is 5.89. The van der Waals surface area contributed by atoms with Crippen LogP contribution in [0.15, 0.2) is 30.9 Å². The minimum Gasteiger partial charge on any atom is -0.384 e. The number of nitrogen functional groups attached to an aromatic ring is 1. The Hall–Kier alpha value is -1.84. The molecule has 0 unspecified atom stereocenters. The van der Waals surface area contributed by atoms with Crippen molar-refractivity contribution in [1.29, 1.82) is 0 Å². The van der Waals surface area contributed by atoms with Crippen molar-refractivity contribution in [2.75, 3.05) is 23.7 Å². The molecule has 96 valence electrons. The summed E-state index contributed by atoms with van der Waals surface area (Å²) in [4.78, 5) is 17.9. The van der Waals surface area contributed by atoms with Crippen LogP contribution in [0, 0.1) is 5.92 Å². The first-order valence-corrected chi connectivity index (χ1v) is 6.32. The number of piperidine rings is 1. The fourth-order valence-corrected chi connectivity index (χ4v) is 2.42. The second kappa shape index (κ2) is 5.67. The molecule has 1 aromatic rings. The predicted octanol–water partition coefficient (Wildman–Crippen LogP) is 2.03. The van der Waals surface area contributed by atoms with Gasteiger partial charge in [-0.25, -0.2) is 4.98 Å². The van der Waals surface area contributed by atoms with Crippen LogP contribution in [0.5, 0.6) is 0 Å². The number of ketones is 1. The van der Waals surface area contributed by atoms with Crippen LogP contribution in [0.25, 0.3) is 0 Å². The lowest BCUT2D eigenvalue weighted by molar-refractivity contribution is -0.115. The molecule has 4 heteroatoms. The summed E-state index contributed by atoms with van der Waals surface area (Å²) in [6.07, 6.45) is 4.18. The maximum absolute atomic E-state index is 11.4. The molecule has 18 heavy (non-hydrogen) atoms. The van der Waals surface area contributed by atoms with Gasteiger partial charge in [-0.15, -0.1) is 0 Å². The van der Waals surface area contributed by atoms with Gasteiger partial charge in [0.25, 0.3) is 0 Å². The zero-order valence-corrected chi connectivity index (χ0v) is 10.5. The molecule has 1 atom stereocenters. The van der Waals surface area contributed by atoms with Crippen molar-refractivity contribution in [3.63, 3.8) is 0 Å². The van der Waals surface area contributed by atoms with Crippen LogP contribution in [0.1, 0.15) is 19.3 Å². The number of nitrogens with two attached hydrogens (primary N) is 1. The van der Waals surface area contributed by atoms with E-state index in [-0.39, 0.29) is 5.78 Å². The normalized spacial score (nSPS) is 19.6. The van der Waals surface area contributed by atoms with Crippen molar-refractivity contribution in [3.8, 4) is 0 Å². The molecule has 0 spiro atoms. The van der Waals surface area contributed by atoms with Gasteiger partial charge < -0.3 is 10.6 Å². The minimum atomic E-state index is 0.127. The van der Waals surface area contributed by atoms with Crippen LogP contribution in [0.4, 0.5) is 11.6 Å². The summed E-state index contributed by atoms with van der Waals surface area (Å²) in [6.45, 7) is 5.38. The Kier molecular flexibility index (Phi) is 3.97. The van der Waals surface area contributed by atoms with Crippen molar-refractivity contribution in [3.05, 3.63) is 30.9 Å². The first-order chi connectivity index (χ1) is 8.69. The maximum Gasteiger partial charge on any atom is 0.155 e. The third kappa shape index (κ3) is 3.09. The largest absolute Gasteiger partial charge is 0.384 e. The van der Waals surface area contributed by atoms with Crippen molar-refractivity contribution in [2.45, 2.75) is 19.3 Å². The Balaban J connectivity index is 2.02. The number of carbonyl (C=O) groups excluding carboxylic acids is 1. The number of rotatable bonds is 4. The summed E-state index contributed by atoms with van der Waals surface area (Å²) in [5, 5.41) is 0. The smallest absolute Gasteiger partial charge is 0.155 e. The van der Waals surface area contributed by atoms with E-state index in [0.717, 1.165) is 31.7 Å². The van der Waals surface area contributed by atoms with Gasteiger partial charge in [0.05, 0.1) is 0 Å². The Bertz CT molecular complexity index is 444. The number of allylic oxidation sites excluding steroid dienone is 1. The summed E-state index contributed by atoms with van der Waals surface area (Å²) < 4.78 is 0. The van der Waals surface area contributed by atoms with E-state index in [1.807, 2.05) is 12.1 Å². The fourth-order valence-electron chi connectivity index (χ4n) is 2.42. The van der Waals surface area contributed by atoms with Crippen LogP contribution in [0.3, 0.4) is 0 Å². The van der Waals surface area contributed by atoms with Crippen molar-refractivity contribution >= 4 is 17.4 Å². The number of carbonyl (C=O) groups is 1. The average molecular weight is 245 g/mol. The fraction of sp³-hybridized carbons (Fsp3) is 0.429. The van der Waals surface area contributed by atoms with Crippen LogP contribution in [-0.4, -0.2) is 23.9 Å². The standard InChI is InChI=1S/C14H19N3O/c1-2-12(18)9-11-5-4-8-17(10-11)14-7-3-6-13(15)16-14/h2-3,6-7,11H,1,4-5,8-10H2,(H2,15,16)/t11-/m1/s1. The monoisotopic (exact) mass is 245 g/mol. The first kappa shape index (κ1) is 12.6.